The Morgan fingerprint density at radius 3 is 2.55 bits per heavy atom. The van der Waals surface area contributed by atoms with Crippen LogP contribution in [-0.4, -0.2) is 19.8 Å². The summed E-state index contributed by atoms with van der Waals surface area (Å²) in [4.78, 5) is 0.875. The van der Waals surface area contributed by atoms with Gasteiger partial charge in [-0.15, -0.1) is 10.2 Å². The maximum atomic E-state index is 6.31. The molecule has 0 aromatic carbocycles. The molecular formula is C14H23N5S. The number of aromatic nitrogens is 4. The molecule has 3 rings (SSSR count). The van der Waals surface area contributed by atoms with Crippen LogP contribution in [-0.2, 0) is 0 Å². The van der Waals surface area contributed by atoms with E-state index in [0.29, 0.717) is 5.92 Å². The van der Waals surface area contributed by atoms with Crippen molar-refractivity contribution in [2.24, 2.45) is 11.1 Å². The predicted molar refractivity (Wildman–Crippen MR) is 80.9 cm³/mol. The summed E-state index contributed by atoms with van der Waals surface area (Å²) in [6.07, 6.45) is 6.34. The van der Waals surface area contributed by atoms with Gasteiger partial charge >= 0.3 is 0 Å². The molecule has 2 heterocycles. The summed E-state index contributed by atoms with van der Waals surface area (Å²) in [5.41, 5.74) is 6.32. The van der Waals surface area contributed by atoms with Crippen LogP contribution in [0, 0.1) is 5.41 Å². The van der Waals surface area contributed by atoms with Crippen molar-refractivity contribution < 1.29 is 0 Å². The molecule has 1 aliphatic carbocycles. The van der Waals surface area contributed by atoms with E-state index in [0.717, 1.165) is 15.8 Å². The molecule has 1 aliphatic rings. The average Bonchev–Trinajstić information content (AvgIpc) is 2.97. The van der Waals surface area contributed by atoms with Gasteiger partial charge < -0.3 is 5.73 Å². The first-order chi connectivity index (χ1) is 9.47. The zero-order chi connectivity index (χ0) is 14.3. The SMILES string of the molecule is CC(C)(C)C(N)c1nn2c(C3CCCCC3)nnc2s1. The molecule has 110 valence electrons. The van der Waals surface area contributed by atoms with E-state index in [1.165, 1.54) is 32.1 Å². The maximum Gasteiger partial charge on any atom is 0.234 e. The van der Waals surface area contributed by atoms with Crippen LogP contribution in [0.2, 0.25) is 0 Å². The van der Waals surface area contributed by atoms with Crippen molar-refractivity contribution in [2.45, 2.75) is 64.8 Å². The highest BCUT2D eigenvalue weighted by molar-refractivity contribution is 7.16. The van der Waals surface area contributed by atoms with Crippen LogP contribution >= 0.6 is 11.3 Å². The quantitative estimate of drug-likeness (QED) is 0.922. The maximum absolute atomic E-state index is 6.31. The van der Waals surface area contributed by atoms with Crippen molar-refractivity contribution in [1.82, 2.24) is 19.8 Å². The fourth-order valence-electron chi connectivity index (χ4n) is 2.76. The van der Waals surface area contributed by atoms with Crippen LogP contribution in [0.5, 0.6) is 0 Å². The number of rotatable bonds is 2. The van der Waals surface area contributed by atoms with Gasteiger partial charge in [0, 0.05) is 5.92 Å². The molecule has 1 unspecified atom stereocenters. The van der Waals surface area contributed by atoms with Crippen LogP contribution in [0.4, 0.5) is 0 Å². The second kappa shape index (κ2) is 5.07. The van der Waals surface area contributed by atoms with E-state index in [2.05, 4.69) is 31.0 Å². The summed E-state index contributed by atoms with van der Waals surface area (Å²) in [6.45, 7) is 6.42. The lowest BCUT2D eigenvalue weighted by Crippen LogP contribution is -2.26. The van der Waals surface area contributed by atoms with E-state index in [1.807, 2.05) is 4.52 Å². The minimum absolute atomic E-state index is 0.00823. The third-order valence-corrected chi connectivity index (χ3v) is 5.18. The highest BCUT2D eigenvalue weighted by Gasteiger charge is 2.28. The molecule has 20 heavy (non-hydrogen) atoms. The molecule has 2 N–H and O–H groups in total. The normalized spacial score (nSPS) is 19.6. The molecule has 0 saturated heterocycles. The lowest BCUT2D eigenvalue weighted by molar-refractivity contribution is 0.324. The standard InChI is InChI=1S/C14H23N5S/c1-14(2,3)10(15)12-18-19-11(16-17-13(19)20-12)9-7-5-4-6-8-9/h9-10H,4-8,15H2,1-3H3. The Kier molecular flexibility index (Phi) is 3.54. The molecule has 2 aromatic heterocycles. The van der Waals surface area contributed by atoms with Gasteiger partial charge in [0.2, 0.25) is 4.96 Å². The third-order valence-electron chi connectivity index (χ3n) is 4.20. The van der Waals surface area contributed by atoms with Gasteiger partial charge in [0.1, 0.15) is 5.01 Å². The first-order valence-electron chi connectivity index (χ1n) is 7.44. The van der Waals surface area contributed by atoms with E-state index in [1.54, 1.807) is 11.3 Å². The fourth-order valence-corrected chi connectivity index (χ4v) is 3.85. The number of nitrogens with zero attached hydrogens (tertiary/aromatic N) is 4. The lowest BCUT2D eigenvalue weighted by Gasteiger charge is -2.24. The summed E-state index contributed by atoms with van der Waals surface area (Å²) in [6, 6.07) is -0.0617. The highest BCUT2D eigenvalue weighted by atomic mass is 32.1. The zero-order valence-corrected chi connectivity index (χ0v) is 13.3. The van der Waals surface area contributed by atoms with E-state index < -0.39 is 0 Å². The first-order valence-corrected chi connectivity index (χ1v) is 8.26. The summed E-state index contributed by atoms with van der Waals surface area (Å²) >= 11 is 1.57. The highest BCUT2D eigenvalue weighted by Crippen LogP contribution is 2.35. The van der Waals surface area contributed by atoms with E-state index in [-0.39, 0.29) is 11.5 Å². The fraction of sp³-hybridized carbons (Fsp3) is 0.786. The molecule has 0 radical (unpaired) electrons. The molecular weight excluding hydrogens is 270 g/mol. The van der Waals surface area contributed by atoms with Crippen molar-refractivity contribution >= 4 is 16.3 Å². The summed E-state index contributed by atoms with van der Waals surface area (Å²) < 4.78 is 1.93. The molecule has 2 aromatic rings. The molecule has 0 spiro atoms. The Labute approximate surface area is 123 Å². The Morgan fingerprint density at radius 2 is 1.90 bits per heavy atom. The van der Waals surface area contributed by atoms with Crippen LogP contribution in [0.1, 0.15) is 75.7 Å². The second-order valence-corrected chi connectivity index (χ2v) is 7.86. The Bertz CT molecular complexity index is 588. The van der Waals surface area contributed by atoms with Crippen LogP contribution < -0.4 is 5.73 Å². The van der Waals surface area contributed by atoms with E-state index in [9.17, 15) is 0 Å². The Morgan fingerprint density at radius 1 is 1.20 bits per heavy atom. The molecule has 5 nitrogen and oxygen atoms in total. The van der Waals surface area contributed by atoms with Gasteiger partial charge in [0.15, 0.2) is 5.82 Å². The number of hydrogen-bond acceptors (Lipinski definition) is 5. The molecule has 0 aliphatic heterocycles. The Hall–Kier alpha value is -1.01. The van der Waals surface area contributed by atoms with Crippen LogP contribution in [0.25, 0.3) is 4.96 Å². The zero-order valence-electron chi connectivity index (χ0n) is 12.5. The monoisotopic (exact) mass is 293 g/mol. The lowest BCUT2D eigenvalue weighted by atomic mass is 9.88. The number of fused-ring (bicyclic) bond motifs is 1. The van der Waals surface area contributed by atoms with Gasteiger partial charge in [-0.05, 0) is 18.3 Å². The average molecular weight is 293 g/mol. The van der Waals surface area contributed by atoms with Gasteiger partial charge in [-0.3, -0.25) is 0 Å². The van der Waals surface area contributed by atoms with Gasteiger partial charge in [0.25, 0.3) is 0 Å². The van der Waals surface area contributed by atoms with Gasteiger partial charge in [-0.2, -0.15) is 9.61 Å². The number of hydrogen-bond donors (Lipinski definition) is 1. The van der Waals surface area contributed by atoms with Crippen molar-refractivity contribution in [3.8, 4) is 0 Å². The second-order valence-electron chi connectivity index (χ2n) is 6.87. The van der Waals surface area contributed by atoms with E-state index >= 15 is 0 Å². The smallest absolute Gasteiger partial charge is 0.234 e. The minimum Gasteiger partial charge on any atom is -0.321 e. The molecule has 6 heteroatoms. The van der Waals surface area contributed by atoms with Crippen LogP contribution in [0.15, 0.2) is 0 Å². The van der Waals surface area contributed by atoms with Crippen molar-refractivity contribution in [2.75, 3.05) is 0 Å². The van der Waals surface area contributed by atoms with Crippen molar-refractivity contribution in [3.63, 3.8) is 0 Å². The van der Waals surface area contributed by atoms with Crippen molar-refractivity contribution in [3.05, 3.63) is 10.8 Å². The Balaban J connectivity index is 1.94. The summed E-state index contributed by atoms with van der Waals surface area (Å²) in [7, 11) is 0. The van der Waals surface area contributed by atoms with Gasteiger partial charge in [-0.25, -0.2) is 0 Å². The molecule has 1 fully saturated rings. The van der Waals surface area contributed by atoms with Gasteiger partial charge in [0.05, 0.1) is 6.04 Å². The van der Waals surface area contributed by atoms with E-state index in [4.69, 9.17) is 10.8 Å². The van der Waals surface area contributed by atoms with Gasteiger partial charge in [-0.1, -0.05) is 51.4 Å². The molecule has 0 amide bonds. The minimum atomic E-state index is -0.0617. The van der Waals surface area contributed by atoms with Crippen LogP contribution in [0.3, 0.4) is 0 Å². The summed E-state index contributed by atoms with van der Waals surface area (Å²) in [5.74, 6) is 1.54. The summed E-state index contributed by atoms with van der Waals surface area (Å²) in [5, 5.41) is 14.3. The first kappa shape index (κ1) is 13.9. The topological polar surface area (TPSA) is 69.1 Å². The molecule has 1 saturated carbocycles. The molecule has 1 atom stereocenters. The largest absolute Gasteiger partial charge is 0.321 e. The predicted octanol–water partition coefficient (Wildman–Crippen LogP) is 3.28. The van der Waals surface area contributed by atoms with Crippen molar-refractivity contribution in [1.29, 1.82) is 0 Å². The third kappa shape index (κ3) is 2.46. The molecule has 0 bridgehead atoms. The number of nitrogens with two attached hydrogens (primary N) is 1.